The molecule has 0 saturated heterocycles. The Kier molecular flexibility index (Phi) is 8.31. The molecule has 2 N–H and O–H groups in total. The largest absolute Gasteiger partial charge is 0.399 e. The summed E-state index contributed by atoms with van der Waals surface area (Å²) in [5.41, 5.74) is 7.85. The molecule has 0 aliphatic rings. The van der Waals surface area contributed by atoms with Crippen LogP contribution in [0.4, 0.5) is 5.69 Å². The SMILES string of the molecule is CCCCC(CC)COCCCc1ccc(N)cc1. The molecule has 0 bridgehead atoms. The van der Waals surface area contributed by atoms with Gasteiger partial charge in [-0.25, -0.2) is 0 Å². The van der Waals surface area contributed by atoms with E-state index < -0.39 is 0 Å². The first-order valence-electron chi connectivity index (χ1n) is 7.68. The van der Waals surface area contributed by atoms with Gasteiger partial charge in [0.05, 0.1) is 0 Å². The number of ether oxygens (including phenoxy) is 1. The van der Waals surface area contributed by atoms with Crippen molar-refractivity contribution in [3.8, 4) is 0 Å². The van der Waals surface area contributed by atoms with Crippen LogP contribution < -0.4 is 5.73 Å². The van der Waals surface area contributed by atoms with E-state index in [1.54, 1.807) is 0 Å². The van der Waals surface area contributed by atoms with Crippen molar-refractivity contribution in [2.45, 2.75) is 52.4 Å². The smallest absolute Gasteiger partial charge is 0.0494 e. The molecule has 1 aromatic rings. The Morgan fingerprint density at radius 3 is 2.47 bits per heavy atom. The van der Waals surface area contributed by atoms with E-state index in [4.69, 9.17) is 10.5 Å². The second-order valence-electron chi connectivity index (χ2n) is 5.34. The lowest BCUT2D eigenvalue weighted by Gasteiger charge is -2.14. The number of aryl methyl sites for hydroxylation is 1. The molecule has 1 atom stereocenters. The highest BCUT2D eigenvalue weighted by Gasteiger charge is 2.05. The summed E-state index contributed by atoms with van der Waals surface area (Å²) in [6, 6.07) is 8.14. The van der Waals surface area contributed by atoms with Crippen LogP contribution >= 0.6 is 0 Å². The number of nitrogen functional groups attached to an aromatic ring is 1. The Balaban J connectivity index is 2.08. The van der Waals surface area contributed by atoms with Crippen LogP contribution in [0.2, 0.25) is 0 Å². The molecule has 19 heavy (non-hydrogen) atoms. The van der Waals surface area contributed by atoms with Gasteiger partial charge in [0.15, 0.2) is 0 Å². The van der Waals surface area contributed by atoms with Crippen LogP contribution in [0.5, 0.6) is 0 Å². The molecule has 1 unspecified atom stereocenters. The van der Waals surface area contributed by atoms with Gasteiger partial charge in [-0.05, 0) is 42.9 Å². The summed E-state index contributed by atoms with van der Waals surface area (Å²) >= 11 is 0. The van der Waals surface area contributed by atoms with Crippen LogP contribution in [0, 0.1) is 5.92 Å². The fraction of sp³-hybridized carbons (Fsp3) is 0.647. The normalized spacial score (nSPS) is 12.5. The van der Waals surface area contributed by atoms with Crippen LogP contribution in [0.3, 0.4) is 0 Å². The van der Waals surface area contributed by atoms with Gasteiger partial charge < -0.3 is 10.5 Å². The van der Waals surface area contributed by atoms with Gasteiger partial charge in [-0.3, -0.25) is 0 Å². The highest BCUT2D eigenvalue weighted by Crippen LogP contribution is 2.13. The lowest BCUT2D eigenvalue weighted by atomic mass is 10.0. The summed E-state index contributed by atoms with van der Waals surface area (Å²) in [7, 11) is 0. The van der Waals surface area contributed by atoms with Crippen LogP contribution in [-0.2, 0) is 11.2 Å². The van der Waals surface area contributed by atoms with Crippen LogP contribution in [-0.4, -0.2) is 13.2 Å². The fourth-order valence-corrected chi connectivity index (χ4v) is 2.21. The van der Waals surface area contributed by atoms with E-state index in [1.165, 1.54) is 31.2 Å². The van der Waals surface area contributed by atoms with Crippen molar-refractivity contribution in [1.29, 1.82) is 0 Å². The average Bonchev–Trinajstić information content (AvgIpc) is 2.44. The maximum absolute atomic E-state index is 5.80. The summed E-state index contributed by atoms with van der Waals surface area (Å²) in [5.74, 6) is 0.747. The van der Waals surface area contributed by atoms with Crippen molar-refractivity contribution in [2.75, 3.05) is 18.9 Å². The van der Waals surface area contributed by atoms with Gasteiger partial charge in [0.2, 0.25) is 0 Å². The molecule has 0 heterocycles. The van der Waals surface area contributed by atoms with Gasteiger partial charge in [0, 0.05) is 18.9 Å². The zero-order valence-corrected chi connectivity index (χ0v) is 12.5. The van der Waals surface area contributed by atoms with E-state index >= 15 is 0 Å². The fourth-order valence-electron chi connectivity index (χ4n) is 2.21. The van der Waals surface area contributed by atoms with E-state index in [-0.39, 0.29) is 0 Å². The molecule has 2 heteroatoms. The van der Waals surface area contributed by atoms with E-state index in [0.717, 1.165) is 37.7 Å². The van der Waals surface area contributed by atoms with E-state index in [1.807, 2.05) is 12.1 Å². The summed E-state index contributed by atoms with van der Waals surface area (Å²) < 4.78 is 5.80. The van der Waals surface area contributed by atoms with Gasteiger partial charge in [0.1, 0.15) is 0 Å². The van der Waals surface area contributed by atoms with E-state index in [2.05, 4.69) is 26.0 Å². The second-order valence-corrected chi connectivity index (χ2v) is 5.34. The van der Waals surface area contributed by atoms with Crippen molar-refractivity contribution in [3.05, 3.63) is 29.8 Å². The molecule has 2 nitrogen and oxygen atoms in total. The third-order valence-corrected chi connectivity index (χ3v) is 3.63. The Bertz CT molecular complexity index is 321. The van der Waals surface area contributed by atoms with E-state index in [9.17, 15) is 0 Å². The van der Waals surface area contributed by atoms with Gasteiger partial charge in [-0.1, -0.05) is 45.2 Å². The summed E-state index contributed by atoms with van der Waals surface area (Å²) in [6.45, 7) is 6.31. The molecule has 0 fully saturated rings. The summed E-state index contributed by atoms with van der Waals surface area (Å²) in [6.07, 6.45) is 7.32. The van der Waals surface area contributed by atoms with Gasteiger partial charge in [-0.2, -0.15) is 0 Å². The predicted octanol–water partition coefficient (Wildman–Crippen LogP) is 4.43. The van der Waals surface area contributed by atoms with Crippen molar-refractivity contribution in [3.63, 3.8) is 0 Å². The molecule has 1 aromatic carbocycles. The molecular formula is C17H29NO. The molecule has 0 saturated carbocycles. The lowest BCUT2D eigenvalue weighted by Crippen LogP contribution is -2.10. The number of unbranched alkanes of at least 4 members (excludes halogenated alkanes) is 1. The van der Waals surface area contributed by atoms with Crippen LogP contribution in [0.1, 0.15) is 51.5 Å². The highest BCUT2D eigenvalue weighted by molar-refractivity contribution is 5.39. The molecule has 0 aliphatic heterocycles. The minimum Gasteiger partial charge on any atom is -0.399 e. The number of rotatable bonds is 10. The zero-order chi connectivity index (χ0) is 13.9. The molecule has 0 aromatic heterocycles. The number of nitrogens with two attached hydrogens (primary N) is 1. The van der Waals surface area contributed by atoms with E-state index in [0.29, 0.717) is 0 Å². The maximum Gasteiger partial charge on any atom is 0.0494 e. The molecule has 1 rings (SSSR count). The Morgan fingerprint density at radius 2 is 1.84 bits per heavy atom. The van der Waals surface area contributed by atoms with Gasteiger partial charge in [-0.15, -0.1) is 0 Å². The second kappa shape index (κ2) is 9.85. The molecule has 0 radical (unpaired) electrons. The molecule has 0 aliphatic carbocycles. The average molecular weight is 263 g/mol. The third-order valence-electron chi connectivity index (χ3n) is 3.63. The quantitative estimate of drug-likeness (QED) is 0.500. The molecule has 0 spiro atoms. The Morgan fingerprint density at radius 1 is 1.11 bits per heavy atom. The summed E-state index contributed by atoms with van der Waals surface area (Å²) in [5, 5.41) is 0. The molecular weight excluding hydrogens is 234 g/mol. The Labute approximate surface area is 118 Å². The first-order valence-corrected chi connectivity index (χ1v) is 7.68. The van der Waals surface area contributed by atoms with Crippen molar-refractivity contribution < 1.29 is 4.74 Å². The standard InChI is InChI=1S/C17H29NO/c1-3-5-7-15(4-2)14-19-13-6-8-16-9-11-17(18)12-10-16/h9-12,15H,3-8,13-14,18H2,1-2H3. The first-order chi connectivity index (χ1) is 9.26. The number of hydrogen-bond acceptors (Lipinski definition) is 2. The lowest BCUT2D eigenvalue weighted by molar-refractivity contribution is 0.0923. The minimum atomic E-state index is 0.747. The van der Waals surface area contributed by atoms with Crippen LogP contribution in [0.25, 0.3) is 0 Å². The van der Waals surface area contributed by atoms with Crippen LogP contribution in [0.15, 0.2) is 24.3 Å². The van der Waals surface area contributed by atoms with Gasteiger partial charge in [0.25, 0.3) is 0 Å². The van der Waals surface area contributed by atoms with Crippen molar-refractivity contribution in [2.24, 2.45) is 5.92 Å². The monoisotopic (exact) mass is 263 g/mol. The maximum atomic E-state index is 5.80. The first kappa shape index (κ1) is 16.0. The van der Waals surface area contributed by atoms with Crippen molar-refractivity contribution >= 4 is 5.69 Å². The molecule has 0 amide bonds. The number of hydrogen-bond donors (Lipinski definition) is 1. The third kappa shape index (κ3) is 7.22. The predicted molar refractivity (Wildman–Crippen MR) is 83.3 cm³/mol. The Hall–Kier alpha value is -1.02. The molecule has 108 valence electrons. The van der Waals surface area contributed by atoms with Crippen molar-refractivity contribution in [1.82, 2.24) is 0 Å². The number of anilines is 1. The number of benzene rings is 1. The highest BCUT2D eigenvalue weighted by atomic mass is 16.5. The summed E-state index contributed by atoms with van der Waals surface area (Å²) in [4.78, 5) is 0. The topological polar surface area (TPSA) is 35.2 Å². The zero-order valence-electron chi connectivity index (χ0n) is 12.5. The minimum absolute atomic E-state index is 0.747. The van der Waals surface area contributed by atoms with Gasteiger partial charge >= 0.3 is 0 Å².